The highest BCUT2D eigenvalue weighted by Gasteiger charge is 2.48. The Labute approximate surface area is 379 Å². The second-order valence-electron chi connectivity index (χ2n) is 17.6. The van der Waals surface area contributed by atoms with Crippen LogP contribution in [0.25, 0.3) is 5.57 Å². The van der Waals surface area contributed by atoms with Gasteiger partial charge >= 0.3 is 5.51 Å². The van der Waals surface area contributed by atoms with Crippen LogP contribution in [0.5, 0.6) is 0 Å². The van der Waals surface area contributed by atoms with Gasteiger partial charge in [0.25, 0.3) is 25.8 Å². The third-order valence-electron chi connectivity index (χ3n) is 12.0. The number of anilines is 2. The maximum absolute atomic E-state index is 14.1. The molecule has 1 heterocycles. The van der Waals surface area contributed by atoms with Crippen LogP contribution < -0.4 is 14.9 Å². The molecule has 0 saturated carbocycles. The minimum atomic E-state index is -6.05. The van der Waals surface area contributed by atoms with Gasteiger partial charge in [0.05, 0.1) is 10.6 Å². The fraction of sp³-hybridized carbons (Fsp3) is 0.426. The van der Waals surface area contributed by atoms with Crippen molar-refractivity contribution in [1.29, 1.82) is 0 Å². The fourth-order valence-corrected chi connectivity index (χ4v) is 10.9. The van der Waals surface area contributed by atoms with Gasteiger partial charge in [0.2, 0.25) is 0 Å². The summed E-state index contributed by atoms with van der Waals surface area (Å²) in [6.45, 7) is 12.9. The van der Waals surface area contributed by atoms with Crippen LogP contribution in [0, 0.1) is 11.2 Å². The molecular formula is C47H57F4N5O5S3. The molecule has 4 aromatic carbocycles. The average molecular weight is 944 g/mol. The Hall–Kier alpha value is -4.42. The first-order valence-electron chi connectivity index (χ1n) is 21.3. The third kappa shape index (κ3) is 12.5. The Kier molecular flexibility index (Phi) is 15.6. The number of nitrogens with zero attached hydrogens (tertiary/aromatic N) is 3. The molecule has 4 aromatic rings. The van der Waals surface area contributed by atoms with Crippen LogP contribution in [0.1, 0.15) is 69.3 Å². The zero-order chi connectivity index (χ0) is 46.5. The molecule has 1 saturated heterocycles. The van der Waals surface area contributed by atoms with E-state index in [0.717, 1.165) is 67.2 Å². The van der Waals surface area contributed by atoms with Crippen molar-refractivity contribution in [3.8, 4) is 0 Å². The number of allylic oxidation sites excluding steroid dienone is 1. The van der Waals surface area contributed by atoms with Crippen molar-refractivity contribution in [2.45, 2.75) is 85.7 Å². The van der Waals surface area contributed by atoms with Gasteiger partial charge < -0.3 is 15.1 Å². The molecule has 10 nitrogen and oxygen atoms in total. The second kappa shape index (κ2) is 20.4. The molecule has 1 aliphatic carbocycles. The Bertz CT molecular complexity index is 2490. The molecule has 1 aliphatic heterocycles. The van der Waals surface area contributed by atoms with Gasteiger partial charge in [-0.1, -0.05) is 49.8 Å². The molecule has 0 bridgehead atoms. The lowest BCUT2D eigenvalue weighted by atomic mass is 9.72. The summed E-state index contributed by atoms with van der Waals surface area (Å²) < 4.78 is 111. The Morgan fingerprint density at radius 3 is 2.17 bits per heavy atom. The number of rotatable bonds is 17. The Morgan fingerprint density at radius 1 is 0.891 bits per heavy atom. The van der Waals surface area contributed by atoms with Crippen molar-refractivity contribution < 1.29 is 39.2 Å². The lowest BCUT2D eigenvalue weighted by Gasteiger charge is -2.39. The van der Waals surface area contributed by atoms with E-state index >= 15 is 0 Å². The standard InChI is InChI=1S/C47H57F4N5O5S3/c1-33(2)54(5)24-22-38(32-62-40-9-7-6-8-10-40)52-43-20-19-41(29-44(43)63(58,59)47(49,50)51)64(60,61)53-45(57)35-13-17-39(18-14-35)56-27-25-55(26-28-56)31-36-21-23-46(3,4)30-42(36)34-11-15-37(48)16-12-34/h6-20,29,33,38,52H,21-28,30-32H2,1-5H3,(H,53,57)/t38-/m1/s1. The predicted octanol–water partition coefficient (Wildman–Crippen LogP) is 9.33. The summed E-state index contributed by atoms with van der Waals surface area (Å²) in [5.41, 5.74) is -1.47. The van der Waals surface area contributed by atoms with Crippen LogP contribution in [-0.4, -0.2) is 102 Å². The Morgan fingerprint density at radius 2 is 1.55 bits per heavy atom. The monoisotopic (exact) mass is 943 g/mol. The van der Waals surface area contributed by atoms with E-state index in [0.29, 0.717) is 37.9 Å². The smallest absolute Gasteiger partial charge is 0.380 e. The van der Waals surface area contributed by atoms with Crippen molar-refractivity contribution >= 4 is 54.5 Å². The summed E-state index contributed by atoms with van der Waals surface area (Å²) in [5, 5.41) is 2.97. The van der Waals surface area contributed by atoms with Crippen molar-refractivity contribution in [1.82, 2.24) is 14.5 Å². The summed E-state index contributed by atoms with van der Waals surface area (Å²) in [4.78, 5) is 18.8. The predicted molar refractivity (Wildman–Crippen MR) is 247 cm³/mol. The number of benzene rings is 4. The van der Waals surface area contributed by atoms with Gasteiger partial charge in [-0.25, -0.2) is 25.9 Å². The number of carbonyl (C=O) groups excluding carboxylic acids is 1. The van der Waals surface area contributed by atoms with Gasteiger partial charge in [-0.3, -0.25) is 9.69 Å². The zero-order valence-electron chi connectivity index (χ0n) is 36.8. The van der Waals surface area contributed by atoms with Gasteiger partial charge in [0, 0.05) is 73.3 Å². The number of alkyl halides is 3. The quantitative estimate of drug-likeness (QED) is 0.0784. The number of sulfone groups is 1. The first kappa shape index (κ1) is 49.0. The van der Waals surface area contributed by atoms with E-state index in [1.165, 1.54) is 47.2 Å². The van der Waals surface area contributed by atoms with Crippen molar-refractivity contribution in [2.75, 3.05) is 62.3 Å². The summed E-state index contributed by atoms with van der Waals surface area (Å²) in [6.07, 6.45) is 3.41. The van der Waals surface area contributed by atoms with Crippen molar-refractivity contribution in [3.05, 3.63) is 120 Å². The minimum absolute atomic E-state index is 0.0157. The summed E-state index contributed by atoms with van der Waals surface area (Å²) >= 11 is 1.44. The molecule has 1 amide bonds. The summed E-state index contributed by atoms with van der Waals surface area (Å²) in [5.74, 6) is -0.928. The number of thioether (sulfide) groups is 1. The van der Waals surface area contributed by atoms with Crippen molar-refractivity contribution in [2.24, 2.45) is 5.41 Å². The van der Waals surface area contributed by atoms with Crippen LogP contribution in [-0.2, 0) is 19.9 Å². The minimum Gasteiger partial charge on any atom is -0.380 e. The molecular weight excluding hydrogens is 887 g/mol. The Balaban J connectivity index is 1.13. The molecule has 1 fully saturated rings. The van der Waals surface area contributed by atoms with Crippen LogP contribution in [0.4, 0.5) is 28.9 Å². The van der Waals surface area contributed by atoms with E-state index in [1.54, 1.807) is 12.1 Å². The van der Waals surface area contributed by atoms with E-state index in [9.17, 15) is 39.2 Å². The van der Waals surface area contributed by atoms with E-state index in [2.05, 4.69) is 29.0 Å². The lowest BCUT2D eigenvalue weighted by molar-refractivity contribution is -0.0435. The number of sulfonamides is 1. The highest BCUT2D eigenvalue weighted by atomic mass is 32.2. The molecule has 17 heteroatoms. The normalized spacial score (nSPS) is 16.9. The van der Waals surface area contributed by atoms with Gasteiger partial charge in [0.1, 0.15) is 10.7 Å². The second-order valence-corrected chi connectivity index (χ2v) is 22.3. The van der Waals surface area contributed by atoms with Crippen LogP contribution in [0.15, 0.2) is 117 Å². The number of halogens is 4. The number of amides is 1. The zero-order valence-corrected chi connectivity index (χ0v) is 39.2. The molecule has 2 aliphatic rings. The number of carbonyl (C=O) groups is 1. The van der Waals surface area contributed by atoms with Crippen LogP contribution >= 0.6 is 11.8 Å². The molecule has 2 N–H and O–H groups in total. The first-order chi connectivity index (χ1) is 30.1. The molecule has 346 valence electrons. The summed E-state index contributed by atoms with van der Waals surface area (Å²) in [7, 11) is -8.99. The SMILES string of the molecule is CC(C)N(C)CC[C@H](CSc1ccccc1)Nc1ccc(S(=O)(=O)NC(=O)c2ccc(N3CCN(CC4=C(c5ccc(F)cc5)CC(C)(C)CC4)CC3)cc2)cc1S(=O)(=O)C(F)(F)F. The fourth-order valence-electron chi connectivity index (χ4n) is 7.85. The van der Waals surface area contributed by atoms with E-state index in [4.69, 9.17) is 0 Å². The van der Waals surface area contributed by atoms with Crippen LogP contribution in [0.3, 0.4) is 0 Å². The van der Waals surface area contributed by atoms with Gasteiger partial charge in [-0.2, -0.15) is 13.2 Å². The summed E-state index contributed by atoms with van der Waals surface area (Å²) in [6, 6.07) is 24.5. The molecule has 64 heavy (non-hydrogen) atoms. The number of piperazine rings is 1. The van der Waals surface area contributed by atoms with E-state index in [-0.39, 0.29) is 22.8 Å². The maximum Gasteiger partial charge on any atom is 0.501 e. The van der Waals surface area contributed by atoms with Gasteiger partial charge in [0.15, 0.2) is 0 Å². The van der Waals surface area contributed by atoms with Gasteiger partial charge in [-0.05, 0) is 130 Å². The molecule has 0 unspecified atom stereocenters. The number of nitrogens with one attached hydrogen (secondary N) is 2. The maximum atomic E-state index is 14.1. The molecule has 6 rings (SSSR count). The largest absolute Gasteiger partial charge is 0.501 e. The number of hydrogen-bond acceptors (Lipinski definition) is 10. The first-order valence-corrected chi connectivity index (χ1v) is 25.3. The van der Waals surface area contributed by atoms with Gasteiger partial charge in [-0.15, -0.1) is 11.8 Å². The third-order valence-corrected chi connectivity index (χ3v) is 16.0. The highest BCUT2D eigenvalue weighted by molar-refractivity contribution is 7.99. The van der Waals surface area contributed by atoms with Crippen LogP contribution in [0.2, 0.25) is 0 Å². The number of hydrogen-bond donors (Lipinski definition) is 2. The van der Waals surface area contributed by atoms with Crippen molar-refractivity contribution in [3.63, 3.8) is 0 Å². The highest BCUT2D eigenvalue weighted by Crippen LogP contribution is 2.43. The molecule has 0 spiro atoms. The van der Waals surface area contributed by atoms with E-state index < -0.39 is 52.8 Å². The lowest BCUT2D eigenvalue weighted by Crippen LogP contribution is -2.47. The average Bonchev–Trinajstić information content (AvgIpc) is 3.25. The molecule has 0 radical (unpaired) electrons. The molecule has 1 atom stereocenters. The molecule has 0 aromatic heterocycles. The van der Waals surface area contributed by atoms with E-state index in [1.807, 2.05) is 73.0 Å². The topological polar surface area (TPSA) is 119 Å².